The second kappa shape index (κ2) is 5.94. The zero-order chi connectivity index (χ0) is 15.5. The van der Waals surface area contributed by atoms with Crippen LogP contribution in [0, 0.1) is 0 Å². The van der Waals surface area contributed by atoms with Crippen LogP contribution in [-0.4, -0.2) is 42.5 Å². The molecule has 1 aromatic heterocycles. The van der Waals surface area contributed by atoms with Crippen molar-refractivity contribution in [2.75, 3.05) is 11.8 Å². The standard InChI is InChI=1S/C7H10ClN5O6S/c1-13-5(3(4(8)9-13)6(14)10-16)11-20(17,18)12-7(15)19-2/h11,16H,1-2H3,(H,10,14)(H,12,15). The van der Waals surface area contributed by atoms with Crippen LogP contribution in [0.25, 0.3) is 0 Å². The quantitative estimate of drug-likeness (QED) is 0.417. The molecular formula is C7H10ClN5O6S. The van der Waals surface area contributed by atoms with Crippen molar-refractivity contribution in [3.8, 4) is 0 Å². The van der Waals surface area contributed by atoms with E-state index >= 15 is 0 Å². The number of anilines is 1. The van der Waals surface area contributed by atoms with Crippen LogP contribution in [0.1, 0.15) is 10.4 Å². The highest BCUT2D eigenvalue weighted by Crippen LogP contribution is 2.23. The molecule has 1 heterocycles. The van der Waals surface area contributed by atoms with Gasteiger partial charge in [0.1, 0.15) is 5.56 Å². The van der Waals surface area contributed by atoms with Crippen LogP contribution in [0.5, 0.6) is 0 Å². The Kier molecular flexibility index (Phi) is 4.75. The highest BCUT2D eigenvalue weighted by atomic mass is 35.5. The number of amides is 2. The summed E-state index contributed by atoms with van der Waals surface area (Å²) >= 11 is 5.63. The molecule has 4 N–H and O–H groups in total. The van der Waals surface area contributed by atoms with Crippen LogP contribution >= 0.6 is 11.6 Å². The first-order valence-electron chi connectivity index (χ1n) is 4.77. The van der Waals surface area contributed by atoms with E-state index in [0.717, 1.165) is 11.8 Å². The van der Waals surface area contributed by atoms with E-state index < -0.39 is 27.8 Å². The van der Waals surface area contributed by atoms with Crippen LogP contribution in [-0.2, 0) is 22.0 Å². The summed E-state index contributed by atoms with van der Waals surface area (Å²) in [6, 6.07) is 0. The summed E-state index contributed by atoms with van der Waals surface area (Å²) in [4.78, 5) is 22.2. The van der Waals surface area contributed by atoms with E-state index in [1.165, 1.54) is 17.2 Å². The molecule has 0 fully saturated rings. The van der Waals surface area contributed by atoms with E-state index in [4.69, 9.17) is 16.8 Å². The average Bonchev–Trinajstić information content (AvgIpc) is 2.62. The summed E-state index contributed by atoms with van der Waals surface area (Å²) < 4.78 is 31.6. The molecular weight excluding hydrogens is 318 g/mol. The summed E-state index contributed by atoms with van der Waals surface area (Å²) in [6.45, 7) is 0. The SMILES string of the molecule is COC(=O)NS(=O)(=O)Nc1c(C(=O)NO)c(Cl)nn1C. The zero-order valence-electron chi connectivity index (χ0n) is 10.2. The number of hydrogen-bond acceptors (Lipinski definition) is 7. The van der Waals surface area contributed by atoms with Gasteiger partial charge in [-0.1, -0.05) is 11.6 Å². The molecule has 0 atom stereocenters. The second-order valence-electron chi connectivity index (χ2n) is 3.28. The lowest BCUT2D eigenvalue weighted by Gasteiger charge is -2.09. The number of carbonyl (C=O) groups is 2. The van der Waals surface area contributed by atoms with E-state index in [0.29, 0.717) is 0 Å². The maximum Gasteiger partial charge on any atom is 0.422 e. The lowest BCUT2D eigenvalue weighted by Crippen LogP contribution is -2.36. The fourth-order valence-electron chi connectivity index (χ4n) is 1.17. The fourth-order valence-corrected chi connectivity index (χ4v) is 2.30. The molecule has 20 heavy (non-hydrogen) atoms. The van der Waals surface area contributed by atoms with Gasteiger partial charge >= 0.3 is 16.3 Å². The fraction of sp³-hybridized carbons (Fsp3) is 0.286. The molecule has 0 saturated heterocycles. The summed E-state index contributed by atoms with van der Waals surface area (Å²) in [5.41, 5.74) is 0.866. The highest BCUT2D eigenvalue weighted by Gasteiger charge is 2.25. The van der Waals surface area contributed by atoms with Gasteiger partial charge in [-0.3, -0.25) is 10.0 Å². The van der Waals surface area contributed by atoms with Gasteiger partial charge in [0.25, 0.3) is 5.91 Å². The van der Waals surface area contributed by atoms with Crippen LogP contribution in [0.2, 0.25) is 5.15 Å². The number of halogens is 1. The van der Waals surface area contributed by atoms with E-state index in [2.05, 4.69) is 9.84 Å². The van der Waals surface area contributed by atoms with Gasteiger partial charge in [0.2, 0.25) is 0 Å². The van der Waals surface area contributed by atoms with Crippen molar-refractivity contribution in [3.05, 3.63) is 10.7 Å². The Morgan fingerprint density at radius 3 is 2.55 bits per heavy atom. The molecule has 13 heteroatoms. The third-order valence-electron chi connectivity index (χ3n) is 1.97. The first-order valence-corrected chi connectivity index (χ1v) is 6.63. The first kappa shape index (κ1) is 16.0. The maximum atomic E-state index is 11.6. The van der Waals surface area contributed by atoms with Crippen molar-refractivity contribution in [1.82, 2.24) is 20.0 Å². The third-order valence-corrected chi connectivity index (χ3v) is 3.13. The molecule has 0 aliphatic carbocycles. The van der Waals surface area contributed by atoms with Gasteiger partial charge in [0.15, 0.2) is 11.0 Å². The molecule has 2 amide bonds. The van der Waals surface area contributed by atoms with Crippen molar-refractivity contribution in [3.63, 3.8) is 0 Å². The van der Waals surface area contributed by atoms with Gasteiger partial charge in [-0.05, 0) is 0 Å². The number of hydroxylamine groups is 1. The van der Waals surface area contributed by atoms with Crippen molar-refractivity contribution in [2.45, 2.75) is 0 Å². The summed E-state index contributed by atoms with van der Waals surface area (Å²) in [5.74, 6) is -1.45. The number of methoxy groups -OCH3 is 1. The molecule has 11 nitrogen and oxygen atoms in total. The van der Waals surface area contributed by atoms with Crippen molar-refractivity contribution >= 4 is 39.6 Å². The minimum atomic E-state index is -4.38. The minimum Gasteiger partial charge on any atom is -0.452 e. The predicted octanol–water partition coefficient (Wildman–Crippen LogP) is -0.795. The van der Waals surface area contributed by atoms with Crippen molar-refractivity contribution in [2.24, 2.45) is 7.05 Å². The normalized spacial score (nSPS) is 10.8. The Balaban J connectivity index is 3.15. The molecule has 112 valence electrons. The van der Waals surface area contributed by atoms with Gasteiger partial charge in [0.05, 0.1) is 7.11 Å². The summed E-state index contributed by atoms with van der Waals surface area (Å²) in [7, 11) is -2.12. The predicted molar refractivity (Wildman–Crippen MR) is 65.6 cm³/mol. The number of rotatable bonds is 4. The molecule has 0 bridgehead atoms. The Hall–Kier alpha value is -2.05. The van der Waals surface area contributed by atoms with Crippen LogP contribution < -0.4 is 14.9 Å². The minimum absolute atomic E-state index is 0.352. The summed E-state index contributed by atoms with van der Waals surface area (Å²) in [5, 5.41) is 11.8. The Labute approximate surface area is 118 Å². The first-order chi connectivity index (χ1) is 9.21. The number of hydrogen-bond donors (Lipinski definition) is 4. The number of nitrogens with zero attached hydrogens (tertiary/aromatic N) is 2. The molecule has 0 saturated carbocycles. The lowest BCUT2D eigenvalue weighted by molar-refractivity contribution is 0.0707. The number of ether oxygens (including phenoxy) is 1. The van der Waals surface area contributed by atoms with Gasteiger partial charge in [-0.2, -0.15) is 13.5 Å². The van der Waals surface area contributed by atoms with Gasteiger partial charge in [-0.15, -0.1) is 0 Å². The van der Waals surface area contributed by atoms with E-state index in [-0.39, 0.29) is 11.0 Å². The highest BCUT2D eigenvalue weighted by molar-refractivity contribution is 7.91. The average molecular weight is 328 g/mol. The van der Waals surface area contributed by atoms with Crippen LogP contribution in [0.15, 0.2) is 0 Å². The number of carbonyl (C=O) groups excluding carboxylic acids is 2. The lowest BCUT2D eigenvalue weighted by atomic mass is 10.3. The number of aryl methyl sites for hydroxylation is 1. The number of nitrogens with one attached hydrogen (secondary N) is 3. The molecule has 1 rings (SSSR count). The molecule has 0 spiro atoms. The smallest absolute Gasteiger partial charge is 0.422 e. The van der Waals surface area contributed by atoms with Gasteiger partial charge in [0, 0.05) is 7.05 Å². The van der Waals surface area contributed by atoms with Crippen molar-refractivity contribution < 1.29 is 28.0 Å². The molecule has 0 aromatic carbocycles. The summed E-state index contributed by atoms with van der Waals surface area (Å²) in [6.07, 6.45) is -1.24. The largest absolute Gasteiger partial charge is 0.452 e. The molecule has 0 unspecified atom stereocenters. The molecule has 0 aliphatic heterocycles. The van der Waals surface area contributed by atoms with E-state index in [1.807, 2.05) is 4.72 Å². The Bertz CT molecular complexity index is 640. The molecule has 0 radical (unpaired) electrons. The van der Waals surface area contributed by atoms with Crippen LogP contribution in [0.3, 0.4) is 0 Å². The second-order valence-corrected chi connectivity index (χ2v) is 5.05. The van der Waals surface area contributed by atoms with Crippen molar-refractivity contribution in [1.29, 1.82) is 0 Å². The topological polar surface area (TPSA) is 152 Å². The third kappa shape index (κ3) is 3.49. The van der Waals surface area contributed by atoms with E-state index in [9.17, 15) is 18.0 Å². The monoisotopic (exact) mass is 327 g/mol. The molecule has 0 aliphatic rings. The van der Waals surface area contributed by atoms with Gasteiger partial charge in [-0.25, -0.2) is 24.4 Å². The number of aromatic nitrogens is 2. The maximum absolute atomic E-state index is 11.6. The van der Waals surface area contributed by atoms with Crippen LogP contribution in [0.4, 0.5) is 10.6 Å². The molecule has 1 aromatic rings. The van der Waals surface area contributed by atoms with Gasteiger partial charge < -0.3 is 4.74 Å². The zero-order valence-corrected chi connectivity index (χ0v) is 11.7. The Morgan fingerprint density at radius 1 is 1.45 bits per heavy atom. The Morgan fingerprint density at radius 2 is 2.05 bits per heavy atom. The van der Waals surface area contributed by atoms with E-state index in [1.54, 1.807) is 0 Å².